The van der Waals surface area contributed by atoms with Crippen LogP contribution in [0.2, 0.25) is 0 Å². The van der Waals surface area contributed by atoms with Crippen LogP contribution in [0.4, 0.5) is 10.1 Å². The van der Waals surface area contributed by atoms with Crippen LogP contribution in [0.3, 0.4) is 0 Å². The number of rotatable bonds is 4. The Balaban J connectivity index is 1.61. The number of anilines is 1. The molecule has 0 unspecified atom stereocenters. The molecule has 3 aromatic rings. The first-order valence-electron chi connectivity index (χ1n) is 8.67. The van der Waals surface area contributed by atoms with Crippen molar-refractivity contribution in [2.24, 2.45) is 0 Å². The van der Waals surface area contributed by atoms with Crippen molar-refractivity contribution in [1.82, 2.24) is 0 Å². The van der Waals surface area contributed by atoms with Gasteiger partial charge in [-0.1, -0.05) is 24.3 Å². The summed E-state index contributed by atoms with van der Waals surface area (Å²) in [5.41, 5.74) is 2.19. The van der Waals surface area contributed by atoms with Crippen molar-refractivity contribution in [3.8, 4) is 0 Å². The van der Waals surface area contributed by atoms with Gasteiger partial charge in [0.05, 0.1) is 12.2 Å². The maximum atomic E-state index is 13.7. The first kappa shape index (κ1) is 17.2. The molecule has 0 amide bonds. The molecule has 1 atom stereocenters. The molecule has 1 aliphatic rings. The second-order valence-corrected chi connectivity index (χ2v) is 7.61. The first-order chi connectivity index (χ1) is 12.7. The van der Waals surface area contributed by atoms with Crippen LogP contribution in [0, 0.1) is 5.82 Å². The highest BCUT2D eigenvalue weighted by Gasteiger charge is 2.24. The van der Waals surface area contributed by atoms with Crippen molar-refractivity contribution in [2.75, 3.05) is 11.4 Å². The van der Waals surface area contributed by atoms with Gasteiger partial charge in [0.2, 0.25) is 0 Å². The molecule has 0 aliphatic carbocycles. The molecule has 5 heteroatoms. The maximum Gasteiger partial charge on any atom is 0.129 e. The fraction of sp³-hybridized carbons (Fsp3) is 0.238. The highest BCUT2D eigenvalue weighted by Crippen LogP contribution is 2.45. The summed E-state index contributed by atoms with van der Waals surface area (Å²) in [6, 6.07) is 18.9. The molecule has 0 spiro atoms. The second-order valence-electron chi connectivity index (χ2n) is 6.37. The number of furan rings is 1. The van der Waals surface area contributed by atoms with Crippen molar-refractivity contribution in [3.05, 3.63) is 83.6 Å². The number of para-hydroxylation sites is 1. The normalized spacial score (nSPS) is 17.0. The molecule has 0 bridgehead atoms. The molecule has 0 fully saturated rings. The molecule has 0 saturated heterocycles. The summed E-state index contributed by atoms with van der Waals surface area (Å²) in [7, 11) is 0. The van der Waals surface area contributed by atoms with Gasteiger partial charge in [-0.25, -0.2) is 4.39 Å². The van der Waals surface area contributed by atoms with Crippen molar-refractivity contribution in [2.45, 2.75) is 29.7 Å². The molecule has 1 N–H and O–H groups in total. The summed E-state index contributed by atoms with van der Waals surface area (Å²) in [5.74, 6) is 1.22. The Bertz CT molecular complexity index is 895. The van der Waals surface area contributed by atoms with Gasteiger partial charge in [0.15, 0.2) is 0 Å². The van der Waals surface area contributed by atoms with E-state index >= 15 is 0 Å². The zero-order valence-electron chi connectivity index (χ0n) is 14.3. The highest BCUT2D eigenvalue weighted by molar-refractivity contribution is 7.99. The SMILES string of the molecule is OCc1ccc(CN2CC[C@H](c3cccc(F)c3)Sc3ccccc32)o1. The number of aliphatic hydroxyl groups excluding tert-OH is 1. The number of hydrogen-bond acceptors (Lipinski definition) is 4. The van der Waals surface area contributed by atoms with Crippen LogP contribution in [0.15, 0.2) is 70.0 Å². The minimum atomic E-state index is -0.190. The molecule has 2 aromatic carbocycles. The van der Waals surface area contributed by atoms with Crippen LogP contribution in [0.25, 0.3) is 0 Å². The van der Waals surface area contributed by atoms with Gasteiger partial charge in [0, 0.05) is 16.7 Å². The van der Waals surface area contributed by atoms with Gasteiger partial charge in [-0.05, 0) is 48.4 Å². The average Bonchev–Trinajstić information content (AvgIpc) is 3.03. The van der Waals surface area contributed by atoms with Gasteiger partial charge in [-0.3, -0.25) is 0 Å². The summed E-state index contributed by atoms with van der Waals surface area (Å²) < 4.78 is 19.3. The molecule has 26 heavy (non-hydrogen) atoms. The van der Waals surface area contributed by atoms with Crippen molar-refractivity contribution >= 4 is 17.4 Å². The van der Waals surface area contributed by atoms with E-state index in [0.29, 0.717) is 12.3 Å². The number of nitrogens with zero attached hydrogens (tertiary/aromatic N) is 1. The molecular formula is C21H20FNO2S. The zero-order valence-corrected chi connectivity index (χ0v) is 15.1. The van der Waals surface area contributed by atoms with Gasteiger partial charge >= 0.3 is 0 Å². The Morgan fingerprint density at radius 1 is 1.08 bits per heavy atom. The quantitative estimate of drug-likeness (QED) is 0.690. The van der Waals surface area contributed by atoms with Gasteiger partial charge in [-0.2, -0.15) is 0 Å². The average molecular weight is 369 g/mol. The molecule has 3 nitrogen and oxygen atoms in total. The lowest BCUT2D eigenvalue weighted by Crippen LogP contribution is -2.23. The maximum absolute atomic E-state index is 13.7. The molecule has 134 valence electrons. The molecular weight excluding hydrogens is 349 g/mol. The van der Waals surface area contributed by atoms with Crippen molar-refractivity contribution in [1.29, 1.82) is 0 Å². The fourth-order valence-electron chi connectivity index (χ4n) is 3.31. The van der Waals surface area contributed by atoms with E-state index in [0.717, 1.165) is 24.3 Å². The van der Waals surface area contributed by atoms with E-state index in [-0.39, 0.29) is 17.7 Å². The number of aliphatic hydroxyl groups is 1. The van der Waals surface area contributed by atoms with Crippen LogP contribution < -0.4 is 4.90 Å². The minimum Gasteiger partial charge on any atom is -0.462 e. The van der Waals surface area contributed by atoms with Crippen LogP contribution in [-0.4, -0.2) is 11.7 Å². The minimum absolute atomic E-state index is 0.0892. The van der Waals surface area contributed by atoms with E-state index in [9.17, 15) is 9.50 Å². The second kappa shape index (κ2) is 7.56. The third kappa shape index (κ3) is 3.64. The number of benzene rings is 2. The lowest BCUT2D eigenvalue weighted by atomic mass is 10.1. The smallest absolute Gasteiger partial charge is 0.129 e. The lowest BCUT2D eigenvalue weighted by Gasteiger charge is -2.23. The van der Waals surface area contributed by atoms with E-state index in [1.807, 2.05) is 30.3 Å². The van der Waals surface area contributed by atoms with Crippen molar-refractivity contribution in [3.63, 3.8) is 0 Å². The number of thioether (sulfide) groups is 1. The van der Waals surface area contributed by atoms with Gasteiger partial charge in [0.1, 0.15) is 23.9 Å². The molecule has 0 radical (unpaired) electrons. The number of hydrogen-bond donors (Lipinski definition) is 1. The number of halogens is 1. The largest absolute Gasteiger partial charge is 0.462 e. The fourth-order valence-corrected chi connectivity index (χ4v) is 4.60. The van der Waals surface area contributed by atoms with E-state index in [1.54, 1.807) is 23.9 Å². The Kier molecular flexibility index (Phi) is 5.00. The molecule has 4 rings (SSSR count). The third-order valence-electron chi connectivity index (χ3n) is 4.58. The number of fused-ring (bicyclic) bond motifs is 1. The monoisotopic (exact) mass is 369 g/mol. The van der Waals surface area contributed by atoms with Crippen LogP contribution in [0.5, 0.6) is 0 Å². The third-order valence-corrected chi connectivity index (χ3v) is 5.97. The molecule has 0 saturated carbocycles. The highest BCUT2D eigenvalue weighted by atomic mass is 32.2. The predicted octanol–water partition coefficient (Wildman–Crippen LogP) is 5.15. The van der Waals surface area contributed by atoms with E-state index in [2.05, 4.69) is 17.0 Å². The van der Waals surface area contributed by atoms with Gasteiger partial charge < -0.3 is 14.4 Å². The molecule has 1 aliphatic heterocycles. The zero-order chi connectivity index (χ0) is 17.9. The van der Waals surface area contributed by atoms with E-state index in [1.165, 1.54) is 16.6 Å². The Morgan fingerprint density at radius 2 is 1.92 bits per heavy atom. The molecule has 2 heterocycles. The van der Waals surface area contributed by atoms with Crippen molar-refractivity contribution < 1.29 is 13.9 Å². The topological polar surface area (TPSA) is 36.6 Å². The standard InChI is InChI=1S/C21H20FNO2S/c22-16-5-3-4-15(12-16)20-10-11-23(13-17-8-9-18(14-24)25-17)19-6-1-2-7-21(19)26-20/h1-9,12,20,24H,10-11,13-14H2/t20-/m1/s1. The Hall–Kier alpha value is -2.24. The van der Waals surface area contributed by atoms with Crippen LogP contribution in [-0.2, 0) is 13.2 Å². The van der Waals surface area contributed by atoms with Gasteiger partial charge in [-0.15, -0.1) is 11.8 Å². The van der Waals surface area contributed by atoms with Crippen LogP contribution >= 0.6 is 11.8 Å². The lowest BCUT2D eigenvalue weighted by molar-refractivity contribution is 0.243. The Labute approximate surface area is 156 Å². The first-order valence-corrected chi connectivity index (χ1v) is 9.55. The summed E-state index contributed by atoms with van der Waals surface area (Å²) in [5, 5.41) is 9.41. The summed E-state index contributed by atoms with van der Waals surface area (Å²) in [6.07, 6.45) is 0.913. The summed E-state index contributed by atoms with van der Waals surface area (Å²) in [6.45, 7) is 1.40. The summed E-state index contributed by atoms with van der Waals surface area (Å²) >= 11 is 1.78. The van der Waals surface area contributed by atoms with Gasteiger partial charge in [0.25, 0.3) is 0 Å². The summed E-state index contributed by atoms with van der Waals surface area (Å²) in [4.78, 5) is 3.48. The Morgan fingerprint density at radius 3 is 2.73 bits per heavy atom. The molecule has 1 aromatic heterocycles. The van der Waals surface area contributed by atoms with E-state index < -0.39 is 0 Å². The van der Waals surface area contributed by atoms with E-state index in [4.69, 9.17) is 4.42 Å². The van der Waals surface area contributed by atoms with Crippen LogP contribution in [0.1, 0.15) is 28.8 Å². The predicted molar refractivity (Wildman–Crippen MR) is 102 cm³/mol.